The van der Waals surface area contributed by atoms with Crippen LogP contribution in [0.1, 0.15) is 21.6 Å². The Hall–Kier alpha value is -1.87. The zero-order valence-electron chi connectivity index (χ0n) is 10.1. The molecule has 0 aliphatic rings. The van der Waals surface area contributed by atoms with Crippen molar-refractivity contribution in [2.75, 3.05) is 0 Å². The Morgan fingerprint density at radius 2 is 2.00 bits per heavy atom. The van der Waals surface area contributed by atoms with Crippen LogP contribution in [-0.4, -0.2) is 10.9 Å². The molecule has 1 aromatic heterocycles. The standard InChI is InChI=1S/C14H12ClNO2/c1-9-6-14(18)11(8-17)7-16(9)13-5-3-4-12(15)10(13)2/h3-8H,1-2H3. The quantitative estimate of drug-likeness (QED) is 0.780. The molecule has 0 amide bonds. The van der Waals surface area contributed by atoms with Crippen molar-refractivity contribution in [3.8, 4) is 5.69 Å². The monoisotopic (exact) mass is 261 g/mol. The van der Waals surface area contributed by atoms with Gasteiger partial charge < -0.3 is 4.57 Å². The first-order valence-electron chi connectivity index (χ1n) is 5.48. The topological polar surface area (TPSA) is 39.1 Å². The number of aldehydes is 1. The summed E-state index contributed by atoms with van der Waals surface area (Å²) in [5, 5.41) is 0.651. The van der Waals surface area contributed by atoms with Gasteiger partial charge in [0.05, 0.1) is 5.56 Å². The zero-order chi connectivity index (χ0) is 13.3. The summed E-state index contributed by atoms with van der Waals surface area (Å²) in [6, 6.07) is 6.99. The molecule has 0 N–H and O–H groups in total. The summed E-state index contributed by atoms with van der Waals surface area (Å²) in [5.41, 5.74) is 2.40. The second-order valence-corrected chi connectivity index (χ2v) is 4.51. The Balaban J connectivity index is 2.75. The van der Waals surface area contributed by atoms with E-state index in [1.54, 1.807) is 16.8 Å². The fourth-order valence-corrected chi connectivity index (χ4v) is 2.02. The Morgan fingerprint density at radius 3 is 2.67 bits per heavy atom. The van der Waals surface area contributed by atoms with Crippen LogP contribution in [0.3, 0.4) is 0 Å². The number of carbonyl (C=O) groups excluding carboxylic acids is 1. The lowest BCUT2D eigenvalue weighted by Crippen LogP contribution is -2.14. The maximum atomic E-state index is 11.5. The fourth-order valence-electron chi connectivity index (χ4n) is 1.85. The van der Waals surface area contributed by atoms with Gasteiger partial charge in [0.15, 0.2) is 11.7 Å². The van der Waals surface area contributed by atoms with Crippen molar-refractivity contribution >= 4 is 17.9 Å². The molecule has 0 spiro atoms. The average molecular weight is 262 g/mol. The number of halogens is 1. The van der Waals surface area contributed by atoms with Crippen LogP contribution in [0.5, 0.6) is 0 Å². The van der Waals surface area contributed by atoms with Crippen molar-refractivity contribution < 1.29 is 4.79 Å². The first kappa shape index (κ1) is 12.6. The largest absolute Gasteiger partial charge is 0.320 e. The van der Waals surface area contributed by atoms with Crippen LogP contribution in [0, 0.1) is 13.8 Å². The van der Waals surface area contributed by atoms with E-state index in [1.807, 2.05) is 26.0 Å². The van der Waals surface area contributed by atoms with Crippen LogP contribution >= 0.6 is 11.6 Å². The van der Waals surface area contributed by atoms with Crippen molar-refractivity contribution in [2.45, 2.75) is 13.8 Å². The average Bonchev–Trinajstić information content (AvgIpc) is 2.34. The molecule has 0 aliphatic heterocycles. The maximum Gasteiger partial charge on any atom is 0.192 e. The zero-order valence-corrected chi connectivity index (χ0v) is 10.9. The maximum absolute atomic E-state index is 11.5. The molecule has 3 nitrogen and oxygen atoms in total. The molecule has 2 aromatic rings. The van der Waals surface area contributed by atoms with Crippen LogP contribution in [0.4, 0.5) is 0 Å². The van der Waals surface area contributed by atoms with E-state index >= 15 is 0 Å². The summed E-state index contributed by atoms with van der Waals surface area (Å²) in [7, 11) is 0. The first-order chi connectivity index (χ1) is 8.54. The SMILES string of the molecule is Cc1c(Cl)cccc1-n1cc(C=O)c(=O)cc1C. The molecule has 2 rings (SSSR count). The van der Waals surface area contributed by atoms with Crippen molar-refractivity contribution in [3.05, 3.63) is 62.5 Å². The number of carbonyl (C=O) groups is 1. The summed E-state index contributed by atoms with van der Waals surface area (Å²) in [6.45, 7) is 3.71. The van der Waals surface area contributed by atoms with Crippen molar-refractivity contribution in [1.29, 1.82) is 0 Å². The third-order valence-corrected chi connectivity index (χ3v) is 3.31. The highest BCUT2D eigenvalue weighted by Crippen LogP contribution is 2.22. The van der Waals surface area contributed by atoms with E-state index in [0.29, 0.717) is 11.3 Å². The third-order valence-electron chi connectivity index (χ3n) is 2.90. The van der Waals surface area contributed by atoms with Crippen molar-refractivity contribution in [3.63, 3.8) is 0 Å². The van der Waals surface area contributed by atoms with E-state index in [9.17, 15) is 9.59 Å². The van der Waals surface area contributed by atoms with E-state index in [1.165, 1.54) is 6.07 Å². The van der Waals surface area contributed by atoms with Gasteiger partial charge in [0.25, 0.3) is 0 Å². The van der Waals surface area contributed by atoms with Gasteiger partial charge in [-0.3, -0.25) is 9.59 Å². The van der Waals surface area contributed by atoms with E-state index in [-0.39, 0.29) is 11.0 Å². The molecule has 0 aliphatic carbocycles. The Kier molecular flexibility index (Phi) is 3.34. The number of rotatable bonds is 2. The molecular weight excluding hydrogens is 250 g/mol. The Bertz CT molecular complexity index is 674. The van der Waals surface area contributed by atoms with Crippen LogP contribution in [0.15, 0.2) is 35.3 Å². The van der Waals surface area contributed by atoms with E-state index in [2.05, 4.69) is 0 Å². The first-order valence-corrected chi connectivity index (χ1v) is 5.86. The van der Waals surface area contributed by atoms with Crippen LogP contribution in [0.25, 0.3) is 5.69 Å². The summed E-state index contributed by atoms with van der Waals surface area (Å²) >= 11 is 6.08. The Labute approximate surface area is 110 Å². The lowest BCUT2D eigenvalue weighted by Gasteiger charge is -2.14. The molecular formula is C14H12ClNO2. The second-order valence-electron chi connectivity index (χ2n) is 4.11. The molecule has 0 atom stereocenters. The molecule has 92 valence electrons. The Morgan fingerprint density at radius 1 is 1.28 bits per heavy atom. The van der Waals surface area contributed by atoms with E-state index in [0.717, 1.165) is 16.9 Å². The minimum Gasteiger partial charge on any atom is -0.320 e. The highest BCUT2D eigenvalue weighted by atomic mass is 35.5. The highest BCUT2D eigenvalue weighted by molar-refractivity contribution is 6.31. The van der Waals surface area contributed by atoms with Gasteiger partial charge in [-0.05, 0) is 31.5 Å². The molecule has 0 radical (unpaired) electrons. The molecule has 0 saturated heterocycles. The fraction of sp³-hybridized carbons (Fsp3) is 0.143. The molecule has 0 saturated carbocycles. The second kappa shape index (κ2) is 4.78. The molecule has 18 heavy (non-hydrogen) atoms. The smallest absolute Gasteiger partial charge is 0.192 e. The molecule has 0 fully saturated rings. The van der Waals surface area contributed by atoms with Gasteiger partial charge in [0.1, 0.15) is 0 Å². The third kappa shape index (κ3) is 2.09. The highest BCUT2D eigenvalue weighted by Gasteiger charge is 2.08. The molecule has 1 heterocycles. The van der Waals surface area contributed by atoms with E-state index in [4.69, 9.17) is 11.6 Å². The van der Waals surface area contributed by atoms with Crippen molar-refractivity contribution in [1.82, 2.24) is 4.57 Å². The molecule has 4 heteroatoms. The van der Waals surface area contributed by atoms with Gasteiger partial charge in [-0.2, -0.15) is 0 Å². The number of hydrogen-bond donors (Lipinski definition) is 0. The summed E-state index contributed by atoms with van der Waals surface area (Å²) in [4.78, 5) is 22.4. The van der Waals surface area contributed by atoms with Gasteiger partial charge in [-0.15, -0.1) is 0 Å². The minimum atomic E-state index is -0.265. The molecule has 0 bridgehead atoms. The van der Waals surface area contributed by atoms with Crippen LogP contribution < -0.4 is 5.43 Å². The summed E-state index contributed by atoms with van der Waals surface area (Å²) < 4.78 is 1.80. The number of hydrogen-bond acceptors (Lipinski definition) is 2. The number of aryl methyl sites for hydroxylation is 1. The summed E-state index contributed by atoms with van der Waals surface area (Å²) in [6.07, 6.45) is 2.11. The van der Waals surface area contributed by atoms with Gasteiger partial charge in [0, 0.05) is 28.7 Å². The number of pyridine rings is 1. The summed E-state index contributed by atoms with van der Waals surface area (Å²) in [5.74, 6) is 0. The normalized spacial score (nSPS) is 10.4. The van der Waals surface area contributed by atoms with Gasteiger partial charge in [0.2, 0.25) is 0 Å². The van der Waals surface area contributed by atoms with Crippen LogP contribution in [0.2, 0.25) is 5.02 Å². The lowest BCUT2D eigenvalue weighted by atomic mass is 10.1. The number of benzene rings is 1. The van der Waals surface area contributed by atoms with Gasteiger partial charge in [-0.25, -0.2) is 0 Å². The molecule has 1 aromatic carbocycles. The van der Waals surface area contributed by atoms with E-state index < -0.39 is 0 Å². The van der Waals surface area contributed by atoms with Gasteiger partial charge >= 0.3 is 0 Å². The number of nitrogens with zero attached hydrogens (tertiary/aromatic N) is 1. The molecule has 0 unspecified atom stereocenters. The predicted octanol–water partition coefficient (Wildman–Crippen LogP) is 2.92. The number of aromatic nitrogens is 1. The van der Waals surface area contributed by atoms with Crippen LogP contribution in [-0.2, 0) is 0 Å². The van der Waals surface area contributed by atoms with Gasteiger partial charge in [-0.1, -0.05) is 17.7 Å². The lowest BCUT2D eigenvalue weighted by molar-refractivity contribution is 0.112. The predicted molar refractivity (Wildman–Crippen MR) is 71.9 cm³/mol. The van der Waals surface area contributed by atoms with Crippen molar-refractivity contribution in [2.24, 2.45) is 0 Å². The minimum absolute atomic E-state index is 0.139.